The summed E-state index contributed by atoms with van der Waals surface area (Å²) in [7, 11) is -3.34. The van der Waals surface area contributed by atoms with Crippen molar-refractivity contribution in [2.24, 2.45) is 5.73 Å². The number of hydrogen-bond donors (Lipinski definition) is 1. The van der Waals surface area contributed by atoms with E-state index in [-0.39, 0.29) is 11.6 Å². The molecule has 0 rings (SSSR count). The van der Waals surface area contributed by atoms with Crippen molar-refractivity contribution in [1.82, 2.24) is 0 Å². The Bertz CT molecular complexity index is 251. The number of alkyl halides is 2. The number of hydrogen-bond acceptors (Lipinski definition) is 3. The van der Waals surface area contributed by atoms with Gasteiger partial charge in [0.2, 0.25) is 5.91 Å². The van der Waals surface area contributed by atoms with Gasteiger partial charge in [-0.3, -0.25) is 4.79 Å². The minimum atomic E-state index is -3.34. The van der Waals surface area contributed by atoms with Crippen molar-refractivity contribution in [3.63, 3.8) is 0 Å². The van der Waals surface area contributed by atoms with Gasteiger partial charge in [-0.25, -0.2) is 8.42 Å². The number of carbonyl (C=O) groups excluding carboxylic acids is 1. The Morgan fingerprint density at radius 1 is 1.50 bits per heavy atom. The number of carbonyl (C=O) groups is 1. The predicted octanol–water partition coefficient (Wildman–Crippen LogP) is -0.267. The number of amides is 1. The minimum absolute atomic E-state index is 0.00922. The van der Waals surface area contributed by atoms with E-state index < -0.39 is 26.9 Å². The molecule has 4 nitrogen and oxygen atoms in total. The summed E-state index contributed by atoms with van der Waals surface area (Å²) in [6.45, 7) is 0. The van der Waals surface area contributed by atoms with Crippen LogP contribution in [0.25, 0.3) is 0 Å². The molecule has 0 saturated carbocycles. The summed E-state index contributed by atoms with van der Waals surface area (Å²) in [4.78, 5) is 10.4. The first-order valence-electron chi connectivity index (χ1n) is 3.09. The lowest BCUT2D eigenvalue weighted by atomic mass is 10.5. The Morgan fingerprint density at radius 2 is 2.00 bits per heavy atom. The fourth-order valence-electron chi connectivity index (χ4n) is 0.506. The summed E-state index contributed by atoms with van der Waals surface area (Å²) in [6.07, 6.45) is 0. The zero-order valence-electron chi connectivity index (χ0n) is 6.16. The molecule has 2 N–H and O–H groups in total. The van der Waals surface area contributed by atoms with E-state index in [1.165, 1.54) is 0 Å². The molecule has 0 aliphatic heterocycles. The molecule has 0 saturated heterocycles. The van der Waals surface area contributed by atoms with Crippen LogP contribution in [0.2, 0.25) is 0 Å². The molecule has 0 fully saturated rings. The van der Waals surface area contributed by atoms with E-state index in [2.05, 4.69) is 0 Å². The van der Waals surface area contributed by atoms with E-state index in [4.69, 9.17) is 28.9 Å². The van der Waals surface area contributed by atoms with Gasteiger partial charge in [0.15, 0.2) is 9.84 Å². The standard InChI is InChI=1S/C5H9Cl2NO3S/c6-1-2-12(10,11)3-4(7)5(8)9/h4H,1-3H2,(H2,8,9)/t4-/m0/s1. The quantitative estimate of drug-likeness (QED) is 0.665. The summed E-state index contributed by atoms with van der Waals surface area (Å²) in [5.41, 5.74) is 4.77. The lowest BCUT2D eigenvalue weighted by molar-refractivity contribution is -0.117. The van der Waals surface area contributed by atoms with Gasteiger partial charge in [0.1, 0.15) is 5.38 Å². The highest BCUT2D eigenvalue weighted by Crippen LogP contribution is 2.02. The third kappa shape index (κ3) is 4.79. The molecule has 1 amide bonds. The Labute approximate surface area is 80.9 Å². The van der Waals surface area contributed by atoms with Crippen molar-refractivity contribution in [2.75, 3.05) is 17.4 Å². The second-order valence-electron chi connectivity index (χ2n) is 2.17. The van der Waals surface area contributed by atoms with Crippen LogP contribution in [0.1, 0.15) is 0 Å². The molecular formula is C5H9Cl2NO3S. The molecule has 0 aliphatic rings. The van der Waals surface area contributed by atoms with Gasteiger partial charge in [0, 0.05) is 5.88 Å². The molecular weight excluding hydrogens is 225 g/mol. The topological polar surface area (TPSA) is 77.2 Å². The van der Waals surface area contributed by atoms with Gasteiger partial charge < -0.3 is 5.73 Å². The van der Waals surface area contributed by atoms with Crippen molar-refractivity contribution >= 4 is 38.9 Å². The maximum atomic E-state index is 11.0. The Hall–Kier alpha value is -0.000000000000000111. The third-order valence-electron chi connectivity index (χ3n) is 1.10. The fourth-order valence-corrected chi connectivity index (χ4v) is 2.80. The summed E-state index contributed by atoms with van der Waals surface area (Å²) < 4.78 is 21.9. The number of sulfone groups is 1. The maximum absolute atomic E-state index is 11.0. The first kappa shape index (κ1) is 12.0. The average Bonchev–Trinajstić information content (AvgIpc) is 1.85. The zero-order valence-corrected chi connectivity index (χ0v) is 8.49. The summed E-state index contributed by atoms with van der Waals surface area (Å²) in [5, 5.41) is -1.17. The molecule has 12 heavy (non-hydrogen) atoms. The fraction of sp³-hybridized carbons (Fsp3) is 0.800. The third-order valence-corrected chi connectivity index (χ3v) is 3.73. The van der Waals surface area contributed by atoms with Crippen molar-refractivity contribution in [3.8, 4) is 0 Å². The Balaban J connectivity index is 4.16. The van der Waals surface area contributed by atoms with Crippen molar-refractivity contribution in [3.05, 3.63) is 0 Å². The first-order valence-corrected chi connectivity index (χ1v) is 5.88. The van der Waals surface area contributed by atoms with Crippen LogP contribution in [0.4, 0.5) is 0 Å². The van der Waals surface area contributed by atoms with Crippen LogP contribution in [0.3, 0.4) is 0 Å². The average molecular weight is 234 g/mol. The van der Waals surface area contributed by atoms with Crippen molar-refractivity contribution < 1.29 is 13.2 Å². The van der Waals surface area contributed by atoms with E-state index in [1.807, 2.05) is 0 Å². The lowest BCUT2D eigenvalue weighted by Gasteiger charge is -2.04. The molecule has 0 unspecified atom stereocenters. The van der Waals surface area contributed by atoms with E-state index in [9.17, 15) is 13.2 Å². The van der Waals surface area contributed by atoms with Crippen LogP contribution in [0.5, 0.6) is 0 Å². The largest absolute Gasteiger partial charge is 0.368 e. The smallest absolute Gasteiger partial charge is 0.236 e. The molecule has 1 atom stereocenters. The lowest BCUT2D eigenvalue weighted by Crippen LogP contribution is -2.31. The highest BCUT2D eigenvalue weighted by atomic mass is 35.5. The molecule has 0 heterocycles. The highest BCUT2D eigenvalue weighted by Gasteiger charge is 2.20. The van der Waals surface area contributed by atoms with Crippen LogP contribution < -0.4 is 5.73 Å². The molecule has 0 aliphatic carbocycles. The van der Waals surface area contributed by atoms with Crippen molar-refractivity contribution in [2.45, 2.75) is 5.38 Å². The van der Waals surface area contributed by atoms with E-state index in [0.29, 0.717) is 0 Å². The van der Waals surface area contributed by atoms with Gasteiger partial charge in [-0.2, -0.15) is 0 Å². The number of rotatable bonds is 5. The summed E-state index contributed by atoms with van der Waals surface area (Å²) in [6, 6.07) is 0. The van der Waals surface area contributed by atoms with Gasteiger partial charge >= 0.3 is 0 Å². The van der Waals surface area contributed by atoms with Gasteiger partial charge in [0.25, 0.3) is 0 Å². The minimum Gasteiger partial charge on any atom is -0.368 e. The van der Waals surface area contributed by atoms with Crippen LogP contribution in [0, 0.1) is 0 Å². The van der Waals surface area contributed by atoms with E-state index in [0.717, 1.165) is 0 Å². The van der Waals surface area contributed by atoms with E-state index in [1.54, 1.807) is 0 Å². The molecule has 0 aromatic rings. The molecule has 0 radical (unpaired) electrons. The maximum Gasteiger partial charge on any atom is 0.236 e. The molecule has 0 spiro atoms. The van der Waals surface area contributed by atoms with Gasteiger partial charge in [0.05, 0.1) is 11.5 Å². The number of nitrogens with two attached hydrogens (primary N) is 1. The molecule has 0 aromatic heterocycles. The van der Waals surface area contributed by atoms with Crippen LogP contribution in [-0.4, -0.2) is 37.1 Å². The molecule has 0 aromatic carbocycles. The second kappa shape index (κ2) is 4.89. The zero-order chi connectivity index (χ0) is 9.78. The number of halogens is 2. The summed E-state index contributed by atoms with van der Waals surface area (Å²) >= 11 is 10.5. The highest BCUT2D eigenvalue weighted by molar-refractivity contribution is 7.91. The second-order valence-corrected chi connectivity index (χ2v) is 5.31. The van der Waals surface area contributed by atoms with Crippen LogP contribution in [-0.2, 0) is 14.6 Å². The van der Waals surface area contributed by atoms with Gasteiger partial charge in [-0.15, -0.1) is 23.2 Å². The van der Waals surface area contributed by atoms with Gasteiger partial charge in [-0.05, 0) is 0 Å². The van der Waals surface area contributed by atoms with Crippen LogP contribution in [0.15, 0.2) is 0 Å². The van der Waals surface area contributed by atoms with Gasteiger partial charge in [-0.1, -0.05) is 0 Å². The molecule has 72 valence electrons. The predicted molar refractivity (Wildman–Crippen MR) is 48.2 cm³/mol. The SMILES string of the molecule is NC(=O)[C@@H](Cl)CS(=O)(=O)CCCl. The van der Waals surface area contributed by atoms with E-state index >= 15 is 0 Å². The Kier molecular flexibility index (Phi) is 4.89. The molecule has 7 heteroatoms. The first-order chi connectivity index (χ1) is 5.39. The molecule has 0 bridgehead atoms. The summed E-state index contributed by atoms with van der Waals surface area (Å²) in [5.74, 6) is -1.48. The number of primary amides is 1. The normalized spacial score (nSPS) is 14.2. The Morgan fingerprint density at radius 3 is 2.33 bits per heavy atom. The van der Waals surface area contributed by atoms with Crippen LogP contribution >= 0.6 is 23.2 Å². The van der Waals surface area contributed by atoms with Crippen molar-refractivity contribution in [1.29, 1.82) is 0 Å². The monoisotopic (exact) mass is 233 g/mol.